The van der Waals surface area contributed by atoms with Crippen LogP contribution in [-0.4, -0.2) is 36.4 Å². The molecular formula is C22H24N4O6. The number of nitro groups is 1. The van der Waals surface area contributed by atoms with Gasteiger partial charge in [-0.25, -0.2) is 9.69 Å². The number of ether oxygens (including phenoxy) is 1. The lowest BCUT2D eigenvalue weighted by Crippen LogP contribution is -2.50. The maximum atomic E-state index is 12.8. The second-order valence-corrected chi connectivity index (χ2v) is 8.29. The minimum Gasteiger partial charge on any atom is -0.494 e. The van der Waals surface area contributed by atoms with E-state index in [0.717, 1.165) is 4.90 Å². The number of amides is 4. The van der Waals surface area contributed by atoms with E-state index in [-0.39, 0.29) is 35.8 Å². The molecule has 0 aromatic heterocycles. The minimum atomic E-state index is -0.551. The van der Waals surface area contributed by atoms with Crippen molar-refractivity contribution in [1.29, 1.82) is 0 Å². The standard InChI is InChI=1S/C22H24N4O6/c1-22(2,3)16-11-15(25-18(27)9-10-23-21(25)29)12-17(19(16)32-4)24-20(28)13-5-7-14(8-6-13)26(30)31/h5-8,11-12H,9-10H2,1-4H3,(H,23,29)(H,24,28). The highest BCUT2D eigenvalue weighted by molar-refractivity contribution is 6.16. The van der Waals surface area contributed by atoms with Crippen LogP contribution in [0.1, 0.15) is 43.1 Å². The van der Waals surface area contributed by atoms with E-state index in [0.29, 0.717) is 17.0 Å². The zero-order chi connectivity index (χ0) is 23.6. The van der Waals surface area contributed by atoms with Gasteiger partial charge in [0.1, 0.15) is 5.75 Å². The number of urea groups is 1. The molecule has 1 aliphatic heterocycles. The maximum absolute atomic E-state index is 12.8. The number of non-ortho nitro benzene ring substituents is 1. The molecule has 1 saturated heterocycles. The van der Waals surface area contributed by atoms with E-state index >= 15 is 0 Å². The van der Waals surface area contributed by atoms with Crippen molar-refractivity contribution in [1.82, 2.24) is 5.32 Å². The second kappa shape index (κ2) is 8.66. The topological polar surface area (TPSA) is 131 Å². The normalized spacial score (nSPS) is 14.1. The quantitative estimate of drug-likeness (QED) is 0.539. The number of nitro benzene ring substituents is 1. The molecule has 2 aromatic carbocycles. The molecule has 0 aliphatic carbocycles. The first-order chi connectivity index (χ1) is 15.0. The van der Waals surface area contributed by atoms with E-state index in [1.54, 1.807) is 6.07 Å². The molecule has 0 saturated carbocycles. The van der Waals surface area contributed by atoms with Crippen LogP contribution in [-0.2, 0) is 10.2 Å². The van der Waals surface area contributed by atoms with Crippen molar-refractivity contribution in [2.75, 3.05) is 23.9 Å². The third-order valence-corrected chi connectivity index (χ3v) is 5.00. The summed E-state index contributed by atoms with van der Waals surface area (Å²) in [6.07, 6.45) is 0.160. The molecule has 0 unspecified atom stereocenters. The Bertz CT molecular complexity index is 1070. The number of imide groups is 1. The Morgan fingerprint density at radius 3 is 2.38 bits per heavy atom. The Labute approximate surface area is 184 Å². The Hall–Kier alpha value is -3.95. The van der Waals surface area contributed by atoms with E-state index in [9.17, 15) is 24.5 Å². The number of benzene rings is 2. The molecule has 1 aliphatic rings. The van der Waals surface area contributed by atoms with Gasteiger partial charge in [0.25, 0.3) is 11.6 Å². The first-order valence-corrected chi connectivity index (χ1v) is 9.92. The molecule has 10 heteroatoms. The predicted molar refractivity (Wildman–Crippen MR) is 118 cm³/mol. The third kappa shape index (κ3) is 4.53. The van der Waals surface area contributed by atoms with E-state index in [4.69, 9.17) is 4.74 Å². The van der Waals surface area contributed by atoms with E-state index in [1.807, 2.05) is 20.8 Å². The predicted octanol–water partition coefficient (Wildman–Crippen LogP) is 3.60. The smallest absolute Gasteiger partial charge is 0.328 e. The fraction of sp³-hybridized carbons (Fsp3) is 0.318. The lowest BCUT2D eigenvalue weighted by Gasteiger charge is -2.30. The summed E-state index contributed by atoms with van der Waals surface area (Å²) in [5.41, 5.74) is 0.880. The number of hydrogen-bond donors (Lipinski definition) is 2. The van der Waals surface area contributed by atoms with Crippen molar-refractivity contribution in [2.45, 2.75) is 32.6 Å². The molecule has 0 bridgehead atoms. The zero-order valence-corrected chi connectivity index (χ0v) is 18.2. The number of anilines is 2. The summed E-state index contributed by atoms with van der Waals surface area (Å²) >= 11 is 0. The highest BCUT2D eigenvalue weighted by Crippen LogP contribution is 2.41. The van der Waals surface area contributed by atoms with Gasteiger partial charge in [0.05, 0.1) is 23.4 Å². The first kappa shape index (κ1) is 22.7. The molecule has 2 N–H and O–H groups in total. The van der Waals surface area contributed by atoms with Gasteiger partial charge in [-0.3, -0.25) is 19.7 Å². The molecule has 3 rings (SSSR count). The fourth-order valence-corrected chi connectivity index (χ4v) is 3.38. The van der Waals surface area contributed by atoms with Crippen LogP contribution in [0.2, 0.25) is 0 Å². The van der Waals surface area contributed by atoms with Gasteiger partial charge in [-0.05, 0) is 29.7 Å². The van der Waals surface area contributed by atoms with E-state index in [1.165, 1.54) is 37.4 Å². The van der Waals surface area contributed by atoms with Gasteiger partial charge in [0.15, 0.2) is 0 Å². The van der Waals surface area contributed by atoms with Crippen LogP contribution in [0.15, 0.2) is 36.4 Å². The summed E-state index contributed by atoms with van der Waals surface area (Å²) in [5.74, 6) is -0.488. The highest BCUT2D eigenvalue weighted by Gasteiger charge is 2.31. The van der Waals surface area contributed by atoms with Crippen molar-refractivity contribution >= 4 is 34.9 Å². The largest absolute Gasteiger partial charge is 0.494 e. The Balaban J connectivity index is 2.06. The molecule has 168 valence electrons. The number of carbonyl (C=O) groups is 3. The monoisotopic (exact) mass is 440 g/mol. The third-order valence-electron chi connectivity index (χ3n) is 5.00. The molecule has 0 spiro atoms. The highest BCUT2D eigenvalue weighted by atomic mass is 16.6. The molecular weight excluding hydrogens is 416 g/mol. The Kier molecular flexibility index (Phi) is 6.15. The molecule has 10 nitrogen and oxygen atoms in total. The molecule has 2 aromatic rings. The molecule has 1 fully saturated rings. The SMILES string of the molecule is COc1c(NC(=O)c2ccc([N+](=O)[O-])cc2)cc(N2C(=O)CCNC2=O)cc1C(C)(C)C. The lowest BCUT2D eigenvalue weighted by molar-refractivity contribution is -0.384. The van der Waals surface area contributed by atoms with Crippen molar-refractivity contribution < 1.29 is 24.0 Å². The van der Waals surface area contributed by atoms with Crippen molar-refractivity contribution in [3.05, 3.63) is 57.6 Å². The van der Waals surface area contributed by atoms with Gasteiger partial charge in [0.2, 0.25) is 5.91 Å². The van der Waals surface area contributed by atoms with Crippen LogP contribution in [0.4, 0.5) is 21.9 Å². The minimum absolute atomic E-state index is 0.134. The average Bonchev–Trinajstić information content (AvgIpc) is 2.72. The summed E-state index contributed by atoms with van der Waals surface area (Å²) in [5, 5.41) is 16.2. The molecule has 32 heavy (non-hydrogen) atoms. The van der Waals surface area contributed by atoms with Crippen LogP contribution in [0, 0.1) is 10.1 Å². The fourth-order valence-electron chi connectivity index (χ4n) is 3.38. The molecule has 0 atom stereocenters. The maximum Gasteiger partial charge on any atom is 0.328 e. The van der Waals surface area contributed by atoms with Crippen LogP contribution in [0.3, 0.4) is 0 Å². The van der Waals surface area contributed by atoms with Crippen LogP contribution in [0.25, 0.3) is 0 Å². The number of carbonyl (C=O) groups excluding carboxylic acids is 3. The zero-order valence-electron chi connectivity index (χ0n) is 18.2. The Morgan fingerprint density at radius 2 is 1.84 bits per heavy atom. The van der Waals surface area contributed by atoms with Crippen LogP contribution in [0.5, 0.6) is 5.75 Å². The Morgan fingerprint density at radius 1 is 1.19 bits per heavy atom. The number of hydrogen-bond acceptors (Lipinski definition) is 6. The van der Waals surface area contributed by atoms with E-state index < -0.39 is 22.3 Å². The van der Waals surface area contributed by atoms with Crippen LogP contribution < -0.4 is 20.3 Å². The second-order valence-electron chi connectivity index (χ2n) is 8.29. The van der Waals surface area contributed by atoms with Gasteiger partial charge in [-0.2, -0.15) is 0 Å². The van der Waals surface area contributed by atoms with Gasteiger partial charge < -0.3 is 15.4 Å². The van der Waals surface area contributed by atoms with Crippen molar-refractivity contribution in [3.63, 3.8) is 0 Å². The average molecular weight is 440 g/mol. The summed E-state index contributed by atoms with van der Waals surface area (Å²) in [6, 6.07) is 7.81. The van der Waals surface area contributed by atoms with Gasteiger partial charge in [-0.1, -0.05) is 20.8 Å². The molecule has 4 amide bonds. The number of nitrogens with zero attached hydrogens (tertiary/aromatic N) is 2. The molecule has 0 radical (unpaired) electrons. The summed E-state index contributed by atoms with van der Waals surface area (Å²) < 4.78 is 5.58. The van der Waals surface area contributed by atoms with Crippen molar-refractivity contribution in [2.24, 2.45) is 0 Å². The number of nitrogens with one attached hydrogen (secondary N) is 2. The molecule has 1 heterocycles. The van der Waals surface area contributed by atoms with Gasteiger partial charge in [0, 0.05) is 36.2 Å². The summed E-state index contributed by atoms with van der Waals surface area (Å²) in [4.78, 5) is 49.0. The van der Waals surface area contributed by atoms with Crippen LogP contribution >= 0.6 is 0 Å². The number of methoxy groups -OCH3 is 1. The number of rotatable bonds is 5. The summed E-state index contributed by atoms with van der Waals surface area (Å²) in [7, 11) is 1.46. The van der Waals surface area contributed by atoms with Crippen molar-refractivity contribution in [3.8, 4) is 5.75 Å². The van der Waals surface area contributed by atoms with Gasteiger partial charge in [-0.15, -0.1) is 0 Å². The van der Waals surface area contributed by atoms with Gasteiger partial charge >= 0.3 is 6.03 Å². The van der Waals surface area contributed by atoms with E-state index in [2.05, 4.69) is 10.6 Å². The lowest BCUT2D eigenvalue weighted by atomic mass is 9.85. The summed E-state index contributed by atoms with van der Waals surface area (Å²) in [6.45, 7) is 6.08. The first-order valence-electron chi connectivity index (χ1n) is 9.92.